The number of nitrogens with zero attached hydrogens (tertiary/aromatic N) is 5. The number of nitrogens with one attached hydrogen (secondary N) is 1. The molecule has 35 heavy (non-hydrogen) atoms. The normalized spacial score (nSPS) is 14.3. The molecule has 3 heterocycles. The fourth-order valence-corrected chi connectivity index (χ4v) is 4.33. The Labute approximate surface area is 197 Å². The second-order valence-corrected chi connectivity index (χ2v) is 8.23. The van der Waals surface area contributed by atoms with Gasteiger partial charge in [0.05, 0.1) is 11.4 Å². The van der Waals surface area contributed by atoms with Crippen LogP contribution in [0.2, 0.25) is 0 Å². The van der Waals surface area contributed by atoms with Crippen LogP contribution in [0.3, 0.4) is 0 Å². The van der Waals surface area contributed by atoms with Gasteiger partial charge in [-0.2, -0.15) is 13.2 Å². The van der Waals surface area contributed by atoms with E-state index in [0.29, 0.717) is 15.8 Å². The van der Waals surface area contributed by atoms with E-state index in [0.717, 1.165) is 61.3 Å². The number of anilines is 2. The molecule has 7 nitrogen and oxygen atoms in total. The Morgan fingerprint density at radius 3 is 2.40 bits per heavy atom. The summed E-state index contributed by atoms with van der Waals surface area (Å²) in [7, 11) is 0. The molecule has 1 saturated heterocycles. The van der Waals surface area contributed by atoms with Crippen LogP contribution >= 0.6 is 0 Å². The molecule has 0 unspecified atom stereocenters. The van der Waals surface area contributed by atoms with Crippen LogP contribution < -0.4 is 10.2 Å². The maximum absolute atomic E-state index is 13.9. The quantitative estimate of drug-likeness (QED) is 0.402. The molecule has 1 aliphatic rings. The molecule has 4 aromatic rings. The van der Waals surface area contributed by atoms with Crippen molar-refractivity contribution >= 4 is 28.1 Å². The molecule has 1 amide bonds. The average Bonchev–Trinajstić information content (AvgIpc) is 3.31. The van der Waals surface area contributed by atoms with Gasteiger partial charge in [0.2, 0.25) is 0 Å². The van der Waals surface area contributed by atoms with Crippen molar-refractivity contribution in [2.45, 2.75) is 25.4 Å². The van der Waals surface area contributed by atoms with E-state index >= 15 is 0 Å². The molecule has 0 saturated carbocycles. The van der Waals surface area contributed by atoms with Gasteiger partial charge in [0, 0.05) is 41.9 Å². The van der Waals surface area contributed by atoms with Crippen LogP contribution in [-0.4, -0.2) is 39.0 Å². The zero-order valence-electron chi connectivity index (χ0n) is 18.4. The van der Waals surface area contributed by atoms with Gasteiger partial charge in [0.15, 0.2) is 11.4 Å². The van der Waals surface area contributed by atoms with E-state index in [1.165, 1.54) is 6.42 Å². The molecule has 2 aromatic heterocycles. The van der Waals surface area contributed by atoms with E-state index in [1.807, 2.05) is 12.1 Å². The first-order valence-electron chi connectivity index (χ1n) is 11.0. The third-order valence-electron chi connectivity index (χ3n) is 5.97. The maximum Gasteiger partial charge on any atom is 0.435 e. The number of aromatic nitrogens is 4. The van der Waals surface area contributed by atoms with Gasteiger partial charge in [-0.1, -0.05) is 5.21 Å². The van der Waals surface area contributed by atoms with Gasteiger partial charge in [-0.15, -0.1) is 5.10 Å². The zero-order chi connectivity index (χ0) is 24.6. The maximum atomic E-state index is 13.9. The lowest BCUT2D eigenvalue weighted by Gasteiger charge is -2.30. The summed E-state index contributed by atoms with van der Waals surface area (Å²) in [6.07, 6.45) is 1.59. The molecule has 180 valence electrons. The Balaban J connectivity index is 1.52. The molecule has 11 heteroatoms. The van der Waals surface area contributed by atoms with Crippen LogP contribution in [0.5, 0.6) is 0 Å². The van der Waals surface area contributed by atoms with Crippen molar-refractivity contribution in [3.63, 3.8) is 0 Å². The van der Waals surface area contributed by atoms with Crippen molar-refractivity contribution in [2.75, 3.05) is 23.3 Å². The summed E-state index contributed by atoms with van der Waals surface area (Å²) in [4.78, 5) is 19.4. The van der Waals surface area contributed by atoms with Crippen molar-refractivity contribution < 1.29 is 22.4 Å². The van der Waals surface area contributed by atoms with Gasteiger partial charge < -0.3 is 10.2 Å². The van der Waals surface area contributed by atoms with Gasteiger partial charge in [-0.3, -0.25) is 9.78 Å². The molecule has 5 rings (SSSR count). The summed E-state index contributed by atoms with van der Waals surface area (Å²) >= 11 is 0. The number of piperidine rings is 1. The summed E-state index contributed by atoms with van der Waals surface area (Å²) in [6, 6.07) is 9.58. The van der Waals surface area contributed by atoms with E-state index in [9.17, 15) is 22.4 Å². The number of benzene rings is 2. The molecular formula is C24H20F4N6O. The highest BCUT2D eigenvalue weighted by Crippen LogP contribution is 2.35. The molecule has 0 radical (unpaired) electrons. The second kappa shape index (κ2) is 8.97. The number of rotatable bonds is 4. The van der Waals surface area contributed by atoms with E-state index in [4.69, 9.17) is 0 Å². The number of hydrogen-bond donors (Lipinski definition) is 1. The molecule has 0 spiro atoms. The van der Waals surface area contributed by atoms with Gasteiger partial charge in [0.25, 0.3) is 5.91 Å². The average molecular weight is 484 g/mol. The van der Waals surface area contributed by atoms with Crippen molar-refractivity contribution in [1.29, 1.82) is 0 Å². The van der Waals surface area contributed by atoms with Crippen molar-refractivity contribution in [3.8, 4) is 5.69 Å². The summed E-state index contributed by atoms with van der Waals surface area (Å²) in [6.45, 7) is 1.81. The smallest absolute Gasteiger partial charge is 0.371 e. The van der Waals surface area contributed by atoms with E-state index in [1.54, 1.807) is 18.5 Å². The molecule has 0 aliphatic carbocycles. The van der Waals surface area contributed by atoms with Crippen molar-refractivity contribution in [2.24, 2.45) is 0 Å². The first-order chi connectivity index (χ1) is 16.8. The largest absolute Gasteiger partial charge is 0.435 e. The predicted molar refractivity (Wildman–Crippen MR) is 122 cm³/mol. The summed E-state index contributed by atoms with van der Waals surface area (Å²) in [5.74, 6) is -1.68. The van der Waals surface area contributed by atoms with Crippen molar-refractivity contribution in [1.82, 2.24) is 20.0 Å². The Hall–Kier alpha value is -4.02. The molecule has 2 aromatic carbocycles. The number of pyridine rings is 1. The third-order valence-corrected chi connectivity index (χ3v) is 5.97. The summed E-state index contributed by atoms with van der Waals surface area (Å²) in [5, 5.41) is 11.0. The minimum Gasteiger partial charge on any atom is -0.371 e. The van der Waals surface area contributed by atoms with Gasteiger partial charge >= 0.3 is 6.18 Å². The minimum atomic E-state index is -4.94. The Morgan fingerprint density at radius 2 is 1.69 bits per heavy atom. The van der Waals surface area contributed by atoms with Crippen LogP contribution in [0.1, 0.15) is 35.4 Å². The first-order valence-corrected chi connectivity index (χ1v) is 11.0. The molecule has 1 fully saturated rings. The van der Waals surface area contributed by atoms with Crippen LogP contribution in [0, 0.1) is 5.82 Å². The lowest BCUT2D eigenvalue weighted by Crippen LogP contribution is -2.29. The number of amides is 1. The molecular weight excluding hydrogens is 464 g/mol. The monoisotopic (exact) mass is 484 g/mol. The van der Waals surface area contributed by atoms with Gasteiger partial charge in [-0.05, 0) is 61.7 Å². The Kier molecular flexibility index (Phi) is 5.83. The van der Waals surface area contributed by atoms with Crippen LogP contribution in [0.15, 0.2) is 54.9 Å². The third kappa shape index (κ3) is 4.41. The van der Waals surface area contributed by atoms with Crippen molar-refractivity contribution in [3.05, 3.63) is 72.1 Å². The lowest BCUT2D eigenvalue weighted by atomic mass is 10.0. The lowest BCUT2D eigenvalue weighted by molar-refractivity contribution is -0.143. The Bertz CT molecular complexity index is 1380. The van der Waals surface area contributed by atoms with Gasteiger partial charge in [-0.25, -0.2) is 9.07 Å². The van der Waals surface area contributed by atoms with Gasteiger partial charge in [0.1, 0.15) is 5.82 Å². The zero-order valence-corrected chi connectivity index (χ0v) is 18.4. The molecule has 0 atom stereocenters. The van der Waals surface area contributed by atoms with Crippen LogP contribution in [0.4, 0.5) is 28.9 Å². The van der Waals surface area contributed by atoms with E-state index < -0.39 is 29.3 Å². The number of carbonyl (C=O) groups is 1. The number of alkyl halides is 3. The summed E-state index contributed by atoms with van der Waals surface area (Å²) < 4.78 is 55.6. The topological polar surface area (TPSA) is 75.9 Å². The predicted octanol–water partition coefficient (Wildman–Crippen LogP) is 5.22. The fraction of sp³-hybridized carbons (Fsp3) is 0.250. The number of halogens is 4. The molecule has 0 bridgehead atoms. The highest BCUT2D eigenvalue weighted by Gasteiger charge is 2.42. The Morgan fingerprint density at radius 1 is 0.943 bits per heavy atom. The minimum absolute atomic E-state index is 0.0780. The SMILES string of the molecule is O=C(Nc1ccc(N2CCCCC2)c2ccncc12)c1nnn(-c2ccc(F)cc2)c1C(F)(F)F. The first kappa shape index (κ1) is 22.8. The van der Waals surface area contributed by atoms with E-state index in [2.05, 4.69) is 25.5 Å². The second-order valence-electron chi connectivity index (χ2n) is 8.23. The highest BCUT2D eigenvalue weighted by atomic mass is 19.4. The van der Waals surface area contributed by atoms with E-state index in [-0.39, 0.29) is 5.69 Å². The standard InChI is InChI=1S/C24H20F4N6O/c25-15-4-6-16(7-5-15)34-22(24(26,27)28)21(31-32-34)23(35)30-19-8-9-20(33-12-2-1-3-13-33)17-10-11-29-14-18(17)19/h4-11,14H,1-3,12-13H2,(H,30,35). The molecule has 1 N–H and O–H groups in total. The van der Waals surface area contributed by atoms with Crippen LogP contribution in [-0.2, 0) is 6.18 Å². The molecule has 1 aliphatic heterocycles. The highest BCUT2D eigenvalue weighted by molar-refractivity contribution is 6.10. The number of fused-ring (bicyclic) bond motifs is 1. The van der Waals surface area contributed by atoms with Crippen LogP contribution in [0.25, 0.3) is 16.5 Å². The summed E-state index contributed by atoms with van der Waals surface area (Å²) in [5.41, 5.74) is -1.03. The number of hydrogen-bond acceptors (Lipinski definition) is 5. The number of carbonyl (C=O) groups excluding carboxylic acids is 1. The fourth-order valence-electron chi connectivity index (χ4n) is 4.33.